The minimum atomic E-state index is -5.78. The lowest BCUT2D eigenvalue weighted by Crippen LogP contribution is -2.56. The second kappa shape index (κ2) is 10.2. The highest BCUT2D eigenvalue weighted by Crippen LogP contribution is 2.53. The third-order valence-corrected chi connectivity index (χ3v) is 3.50. The Morgan fingerprint density at radius 3 is 1.81 bits per heavy atom. The molecule has 0 aliphatic heterocycles. The van der Waals surface area contributed by atoms with Gasteiger partial charge in [-0.3, -0.25) is 0 Å². The number of hydrogen-bond acceptors (Lipinski definition) is 3. The fraction of sp³-hybridized carbons (Fsp3) is 0.667. The summed E-state index contributed by atoms with van der Waals surface area (Å²) in [6.45, 7) is 5.96. The smallest absolute Gasteiger partial charge is 0.430 e. The van der Waals surface area contributed by atoms with Gasteiger partial charge in [-0.2, -0.15) is 26.3 Å². The molecule has 0 amide bonds. The molecule has 0 spiro atoms. The van der Waals surface area contributed by atoms with Crippen LogP contribution in [0, 0.1) is 6.92 Å². The minimum absolute atomic E-state index is 0.00797. The van der Waals surface area contributed by atoms with Gasteiger partial charge in [-0.1, -0.05) is 33.6 Å². The van der Waals surface area contributed by atoms with Crippen LogP contribution in [0.4, 0.5) is 26.3 Å². The van der Waals surface area contributed by atoms with Gasteiger partial charge in [-0.25, -0.2) is 0 Å². The van der Waals surface area contributed by atoms with Gasteiger partial charge in [0, 0.05) is 12.7 Å². The van der Waals surface area contributed by atoms with E-state index in [1.807, 2.05) is 0 Å². The van der Waals surface area contributed by atoms with Crippen LogP contribution in [0.5, 0.6) is 5.75 Å². The standard InChI is InChI=1S/C15H18F6O3.C3H8/c1-4-5-10-7-11(6-9(2)12(10)22)13(14(16,17)18,15(19,20)21)24-8-23-3;1-3-2/h6-7,22H,4-5,8H2,1-3H3;3H2,1-2H3. The topological polar surface area (TPSA) is 38.7 Å². The van der Waals surface area contributed by atoms with E-state index in [2.05, 4.69) is 23.3 Å². The molecule has 3 nitrogen and oxygen atoms in total. The number of phenols is 1. The molecular weight excluding hydrogens is 378 g/mol. The normalized spacial score (nSPS) is 12.6. The lowest BCUT2D eigenvalue weighted by Gasteiger charge is -2.37. The van der Waals surface area contributed by atoms with Crippen LogP contribution in [0.2, 0.25) is 0 Å². The third kappa shape index (κ3) is 5.75. The van der Waals surface area contributed by atoms with Gasteiger partial charge in [0.1, 0.15) is 12.5 Å². The van der Waals surface area contributed by atoms with Crippen LogP contribution >= 0.6 is 0 Å². The molecule has 0 fully saturated rings. The van der Waals surface area contributed by atoms with Crippen molar-refractivity contribution in [3.05, 3.63) is 28.8 Å². The van der Waals surface area contributed by atoms with Crippen LogP contribution in [0.1, 0.15) is 50.3 Å². The van der Waals surface area contributed by atoms with Gasteiger partial charge in [0.15, 0.2) is 0 Å². The first-order valence-corrected chi connectivity index (χ1v) is 8.43. The number of methoxy groups -OCH3 is 1. The van der Waals surface area contributed by atoms with Crippen molar-refractivity contribution in [1.29, 1.82) is 0 Å². The first-order chi connectivity index (χ1) is 12.3. The summed E-state index contributed by atoms with van der Waals surface area (Å²) in [5.74, 6) is -0.328. The maximum Gasteiger partial charge on any atom is 0.430 e. The minimum Gasteiger partial charge on any atom is -0.507 e. The first kappa shape index (κ1) is 25.5. The summed E-state index contributed by atoms with van der Waals surface area (Å²) in [6.07, 6.45) is -9.76. The number of rotatable bonds is 6. The maximum atomic E-state index is 13.5. The molecule has 0 saturated carbocycles. The second-order valence-corrected chi connectivity index (χ2v) is 5.99. The van der Waals surface area contributed by atoms with Crippen LogP contribution in [0.15, 0.2) is 12.1 Å². The molecule has 0 bridgehead atoms. The van der Waals surface area contributed by atoms with Gasteiger partial charge >= 0.3 is 12.4 Å². The fourth-order valence-electron chi connectivity index (χ4n) is 2.40. The zero-order valence-corrected chi connectivity index (χ0v) is 16.0. The van der Waals surface area contributed by atoms with Crippen molar-refractivity contribution < 1.29 is 40.9 Å². The zero-order valence-electron chi connectivity index (χ0n) is 16.0. The SMILES string of the molecule is CCC.CCCc1cc(C(OCOC)(C(F)(F)F)C(F)(F)F)cc(C)c1O. The van der Waals surface area contributed by atoms with Gasteiger partial charge in [0.2, 0.25) is 0 Å². The lowest BCUT2D eigenvalue weighted by molar-refractivity contribution is -0.400. The van der Waals surface area contributed by atoms with E-state index in [9.17, 15) is 31.4 Å². The molecule has 9 heteroatoms. The molecule has 0 saturated heterocycles. The largest absolute Gasteiger partial charge is 0.507 e. The Morgan fingerprint density at radius 2 is 1.44 bits per heavy atom. The van der Waals surface area contributed by atoms with E-state index in [-0.39, 0.29) is 23.3 Å². The third-order valence-electron chi connectivity index (χ3n) is 3.50. The van der Waals surface area contributed by atoms with Crippen LogP contribution in [0.25, 0.3) is 0 Å². The number of benzene rings is 1. The molecular formula is C18H26F6O3. The summed E-state index contributed by atoms with van der Waals surface area (Å²) < 4.78 is 89.2. The number of alkyl halides is 6. The molecule has 1 rings (SSSR count). The molecule has 0 radical (unpaired) electrons. The molecule has 0 aliphatic carbocycles. The molecule has 0 unspecified atom stereocenters. The Kier molecular flexibility index (Phi) is 9.61. The van der Waals surface area contributed by atoms with E-state index < -0.39 is 30.3 Å². The average Bonchev–Trinajstić information content (AvgIpc) is 2.51. The summed E-state index contributed by atoms with van der Waals surface area (Å²) in [4.78, 5) is 0. The average molecular weight is 404 g/mol. The van der Waals surface area contributed by atoms with Gasteiger partial charge < -0.3 is 14.6 Å². The van der Waals surface area contributed by atoms with E-state index in [1.54, 1.807) is 6.92 Å². The van der Waals surface area contributed by atoms with Crippen molar-refractivity contribution in [1.82, 2.24) is 0 Å². The first-order valence-electron chi connectivity index (χ1n) is 8.43. The van der Waals surface area contributed by atoms with E-state index in [0.717, 1.165) is 7.11 Å². The lowest BCUT2D eigenvalue weighted by atomic mass is 9.88. The van der Waals surface area contributed by atoms with Crippen molar-refractivity contribution in [2.75, 3.05) is 13.9 Å². The van der Waals surface area contributed by atoms with E-state index in [0.29, 0.717) is 18.6 Å². The number of aryl methyl sites for hydroxylation is 2. The van der Waals surface area contributed by atoms with Crippen LogP contribution in [-0.2, 0) is 21.5 Å². The highest BCUT2D eigenvalue weighted by Gasteiger charge is 2.73. The number of ether oxygens (including phenoxy) is 2. The Balaban J connectivity index is 0.00000210. The molecule has 27 heavy (non-hydrogen) atoms. The molecule has 0 atom stereocenters. The van der Waals surface area contributed by atoms with Crippen molar-refractivity contribution in [2.24, 2.45) is 0 Å². The monoisotopic (exact) mass is 404 g/mol. The van der Waals surface area contributed by atoms with Crippen molar-refractivity contribution in [3.8, 4) is 5.75 Å². The maximum absolute atomic E-state index is 13.5. The highest BCUT2D eigenvalue weighted by molar-refractivity contribution is 5.46. The Labute approximate surface area is 155 Å². The molecule has 0 aliphatic rings. The van der Waals surface area contributed by atoms with Gasteiger partial charge in [-0.15, -0.1) is 0 Å². The fourth-order valence-corrected chi connectivity index (χ4v) is 2.40. The quantitative estimate of drug-likeness (QED) is 0.466. The van der Waals surface area contributed by atoms with E-state index in [4.69, 9.17) is 0 Å². The molecule has 0 aromatic heterocycles. The molecule has 1 aromatic carbocycles. The predicted octanol–water partition coefficient (Wildman–Crippen LogP) is 6.01. The summed E-state index contributed by atoms with van der Waals surface area (Å²) >= 11 is 0. The number of aromatic hydroxyl groups is 1. The summed E-state index contributed by atoms with van der Waals surface area (Å²) in [5, 5.41) is 9.87. The molecule has 158 valence electrons. The van der Waals surface area contributed by atoms with Crippen molar-refractivity contribution in [3.63, 3.8) is 0 Å². The van der Waals surface area contributed by atoms with Crippen molar-refractivity contribution in [2.45, 2.75) is 64.9 Å². The van der Waals surface area contributed by atoms with E-state index >= 15 is 0 Å². The Hall–Kier alpha value is -1.48. The van der Waals surface area contributed by atoms with Crippen molar-refractivity contribution >= 4 is 0 Å². The molecule has 1 aromatic rings. The van der Waals surface area contributed by atoms with Gasteiger partial charge in [0.25, 0.3) is 5.60 Å². The molecule has 1 N–H and O–H groups in total. The van der Waals surface area contributed by atoms with Gasteiger partial charge in [0.05, 0.1) is 0 Å². The van der Waals surface area contributed by atoms with Crippen LogP contribution in [0.3, 0.4) is 0 Å². The summed E-state index contributed by atoms with van der Waals surface area (Å²) in [5.41, 5.74) is -5.80. The molecule has 0 heterocycles. The zero-order chi connectivity index (χ0) is 21.5. The highest BCUT2D eigenvalue weighted by atomic mass is 19.4. The second-order valence-electron chi connectivity index (χ2n) is 5.99. The Morgan fingerprint density at radius 1 is 0.963 bits per heavy atom. The van der Waals surface area contributed by atoms with Crippen LogP contribution in [-0.4, -0.2) is 31.4 Å². The Bertz CT molecular complexity index is 568. The summed E-state index contributed by atoms with van der Waals surface area (Å²) in [7, 11) is 0.919. The predicted molar refractivity (Wildman–Crippen MR) is 89.6 cm³/mol. The van der Waals surface area contributed by atoms with Gasteiger partial charge in [-0.05, 0) is 36.6 Å². The number of halogens is 6. The number of hydrogen-bond donors (Lipinski definition) is 1. The summed E-state index contributed by atoms with van der Waals surface area (Å²) in [6, 6.07) is 1.31. The van der Waals surface area contributed by atoms with Crippen LogP contribution < -0.4 is 0 Å². The number of phenolic OH excluding ortho intramolecular Hbond substituents is 1. The van der Waals surface area contributed by atoms with E-state index in [1.165, 1.54) is 13.3 Å².